The van der Waals surface area contributed by atoms with E-state index in [0.29, 0.717) is 12.3 Å². The van der Waals surface area contributed by atoms with Gasteiger partial charge in [-0.25, -0.2) is 0 Å². The molecule has 0 spiro atoms. The molecule has 1 saturated heterocycles. The molecule has 0 aromatic heterocycles. The Morgan fingerprint density at radius 3 is 2.67 bits per heavy atom. The molecule has 1 heterocycles. The first kappa shape index (κ1) is 16.2. The van der Waals surface area contributed by atoms with Crippen molar-refractivity contribution < 1.29 is 9.00 Å². The fraction of sp³-hybridized carbons (Fsp3) is 0.562. The highest BCUT2D eigenvalue weighted by atomic mass is 32.2. The maximum Gasteiger partial charge on any atom is 0.241 e. The molecule has 4 nitrogen and oxygen atoms in total. The van der Waals surface area contributed by atoms with Crippen molar-refractivity contribution in [3.8, 4) is 0 Å². The van der Waals surface area contributed by atoms with Crippen LogP contribution in [0.3, 0.4) is 0 Å². The van der Waals surface area contributed by atoms with E-state index in [0.717, 1.165) is 18.4 Å². The van der Waals surface area contributed by atoms with Gasteiger partial charge < -0.3 is 4.90 Å². The molecule has 21 heavy (non-hydrogen) atoms. The number of amides is 1. The number of carbonyl (C=O) groups excluding carboxylic acids is 1. The summed E-state index contributed by atoms with van der Waals surface area (Å²) in [5.74, 6) is 0.800. The van der Waals surface area contributed by atoms with Gasteiger partial charge in [-0.1, -0.05) is 31.2 Å². The highest BCUT2D eigenvalue weighted by Gasteiger charge is 2.38. The highest BCUT2D eigenvalue weighted by Crippen LogP contribution is 2.28. The standard InChI is InChI=1S/C16H24N2O2S/c1-4-14-16(19)18(10-7-11-21(3)20)15(17-14)13-9-6-5-8-12(13)2/h5-6,8-9,14-15,17H,4,7,10-11H2,1-3H3. The van der Waals surface area contributed by atoms with E-state index < -0.39 is 10.8 Å². The number of hydrogen-bond donors (Lipinski definition) is 1. The Morgan fingerprint density at radius 1 is 1.33 bits per heavy atom. The molecule has 1 aromatic rings. The minimum Gasteiger partial charge on any atom is -0.322 e. The average Bonchev–Trinajstić information content (AvgIpc) is 2.76. The van der Waals surface area contributed by atoms with Crippen molar-refractivity contribution in [2.45, 2.75) is 38.9 Å². The zero-order chi connectivity index (χ0) is 15.4. The van der Waals surface area contributed by atoms with Gasteiger partial charge in [-0.05, 0) is 30.9 Å². The third-order valence-electron chi connectivity index (χ3n) is 3.97. The monoisotopic (exact) mass is 308 g/mol. The molecular formula is C16H24N2O2S. The number of hydrogen-bond acceptors (Lipinski definition) is 3. The lowest BCUT2D eigenvalue weighted by Crippen LogP contribution is -2.32. The molecule has 0 bridgehead atoms. The van der Waals surface area contributed by atoms with Gasteiger partial charge >= 0.3 is 0 Å². The van der Waals surface area contributed by atoms with E-state index in [-0.39, 0.29) is 18.1 Å². The SMILES string of the molecule is CCC1NC(c2ccccc2C)N(CCCS(C)=O)C1=O. The lowest BCUT2D eigenvalue weighted by Gasteiger charge is -2.25. The summed E-state index contributed by atoms with van der Waals surface area (Å²) in [5.41, 5.74) is 2.34. The highest BCUT2D eigenvalue weighted by molar-refractivity contribution is 7.84. The Morgan fingerprint density at radius 2 is 2.05 bits per heavy atom. The van der Waals surface area contributed by atoms with Crippen LogP contribution in [-0.4, -0.2) is 39.6 Å². The summed E-state index contributed by atoms with van der Waals surface area (Å²) < 4.78 is 11.2. The van der Waals surface area contributed by atoms with Crippen LogP contribution in [-0.2, 0) is 15.6 Å². The van der Waals surface area contributed by atoms with Gasteiger partial charge in [0.15, 0.2) is 0 Å². The largest absolute Gasteiger partial charge is 0.322 e. The minimum atomic E-state index is -0.806. The van der Waals surface area contributed by atoms with Crippen LogP contribution >= 0.6 is 0 Å². The van der Waals surface area contributed by atoms with E-state index in [9.17, 15) is 9.00 Å². The smallest absolute Gasteiger partial charge is 0.241 e. The summed E-state index contributed by atoms with van der Waals surface area (Å²) in [6.45, 7) is 4.75. The normalized spacial score (nSPS) is 23.6. The van der Waals surface area contributed by atoms with E-state index in [4.69, 9.17) is 0 Å². The molecule has 0 saturated carbocycles. The van der Waals surface area contributed by atoms with E-state index >= 15 is 0 Å². The van der Waals surface area contributed by atoms with Crippen molar-refractivity contribution in [2.75, 3.05) is 18.6 Å². The zero-order valence-corrected chi connectivity index (χ0v) is 13.8. The second-order valence-corrected chi connectivity index (χ2v) is 7.10. The van der Waals surface area contributed by atoms with Crippen molar-refractivity contribution in [3.05, 3.63) is 35.4 Å². The number of aryl methyl sites for hydroxylation is 1. The second-order valence-electron chi connectivity index (χ2n) is 5.55. The number of rotatable bonds is 6. The van der Waals surface area contributed by atoms with Crippen molar-refractivity contribution in [1.29, 1.82) is 0 Å². The van der Waals surface area contributed by atoms with Crippen LogP contribution in [0.4, 0.5) is 0 Å². The van der Waals surface area contributed by atoms with E-state index in [1.807, 2.05) is 24.0 Å². The molecule has 3 atom stereocenters. The Bertz CT molecular complexity index is 533. The summed E-state index contributed by atoms with van der Waals surface area (Å²) >= 11 is 0. The Kier molecular flexibility index (Phi) is 5.53. The molecule has 1 N–H and O–H groups in total. The number of nitrogens with one attached hydrogen (secondary N) is 1. The Hall–Kier alpha value is -1.20. The summed E-state index contributed by atoms with van der Waals surface area (Å²) in [6, 6.07) is 8.05. The maximum atomic E-state index is 12.5. The topological polar surface area (TPSA) is 49.4 Å². The number of benzene rings is 1. The third-order valence-corrected chi connectivity index (χ3v) is 4.84. The maximum absolute atomic E-state index is 12.5. The molecule has 1 aromatic carbocycles. The molecule has 2 rings (SSSR count). The molecular weight excluding hydrogens is 284 g/mol. The molecule has 116 valence electrons. The van der Waals surface area contributed by atoms with Crippen LogP contribution in [0.1, 0.15) is 37.1 Å². The van der Waals surface area contributed by atoms with Gasteiger partial charge in [0.2, 0.25) is 5.91 Å². The molecule has 5 heteroatoms. The van der Waals surface area contributed by atoms with Gasteiger partial charge in [0, 0.05) is 29.4 Å². The van der Waals surface area contributed by atoms with Gasteiger partial charge in [-0.2, -0.15) is 0 Å². The molecule has 0 radical (unpaired) electrons. The molecule has 1 fully saturated rings. The van der Waals surface area contributed by atoms with Crippen molar-refractivity contribution >= 4 is 16.7 Å². The molecule has 1 aliphatic heterocycles. The summed E-state index contributed by atoms with van der Waals surface area (Å²) in [7, 11) is -0.806. The van der Waals surface area contributed by atoms with E-state index in [1.54, 1.807) is 6.26 Å². The zero-order valence-electron chi connectivity index (χ0n) is 13.0. The van der Waals surface area contributed by atoms with Crippen LogP contribution in [0.2, 0.25) is 0 Å². The summed E-state index contributed by atoms with van der Waals surface area (Å²) in [5, 5.41) is 3.44. The van der Waals surface area contributed by atoms with Crippen LogP contribution in [0, 0.1) is 6.92 Å². The number of carbonyl (C=O) groups is 1. The first-order valence-electron chi connectivity index (χ1n) is 7.46. The van der Waals surface area contributed by atoms with Crippen molar-refractivity contribution in [1.82, 2.24) is 10.2 Å². The van der Waals surface area contributed by atoms with Crippen molar-refractivity contribution in [2.24, 2.45) is 0 Å². The van der Waals surface area contributed by atoms with E-state index in [2.05, 4.69) is 24.4 Å². The summed E-state index contributed by atoms with van der Waals surface area (Å²) in [4.78, 5) is 14.4. The molecule has 3 unspecified atom stereocenters. The Labute approximate surface area is 129 Å². The molecule has 0 aliphatic carbocycles. The fourth-order valence-electron chi connectivity index (χ4n) is 2.80. The van der Waals surface area contributed by atoms with Gasteiger partial charge in [0.1, 0.15) is 6.17 Å². The Balaban J connectivity index is 2.18. The van der Waals surface area contributed by atoms with Gasteiger partial charge in [-0.3, -0.25) is 14.3 Å². The van der Waals surface area contributed by atoms with Crippen LogP contribution < -0.4 is 5.32 Å². The predicted octanol–water partition coefficient (Wildman–Crippen LogP) is 1.97. The third kappa shape index (κ3) is 3.71. The van der Waals surface area contributed by atoms with Gasteiger partial charge in [0.25, 0.3) is 0 Å². The predicted molar refractivity (Wildman–Crippen MR) is 86.4 cm³/mol. The number of nitrogens with zero attached hydrogens (tertiary/aromatic N) is 1. The van der Waals surface area contributed by atoms with Crippen LogP contribution in [0.15, 0.2) is 24.3 Å². The van der Waals surface area contributed by atoms with Gasteiger partial charge in [-0.15, -0.1) is 0 Å². The first-order chi connectivity index (χ1) is 10.0. The van der Waals surface area contributed by atoms with E-state index in [1.165, 1.54) is 5.56 Å². The quantitative estimate of drug-likeness (QED) is 0.874. The summed E-state index contributed by atoms with van der Waals surface area (Å²) in [6.07, 6.45) is 3.21. The van der Waals surface area contributed by atoms with Crippen LogP contribution in [0.25, 0.3) is 0 Å². The van der Waals surface area contributed by atoms with Gasteiger partial charge in [0.05, 0.1) is 6.04 Å². The second kappa shape index (κ2) is 7.18. The molecule has 1 aliphatic rings. The van der Waals surface area contributed by atoms with Crippen LogP contribution in [0.5, 0.6) is 0 Å². The average molecular weight is 308 g/mol. The lowest BCUT2D eigenvalue weighted by molar-refractivity contribution is -0.130. The lowest BCUT2D eigenvalue weighted by atomic mass is 10.1. The fourth-order valence-corrected chi connectivity index (χ4v) is 3.34. The molecule has 1 amide bonds. The minimum absolute atomic E-state index is 0.0612. The first-order valence-corrected chi connectivity index (χ1v) is 9.19. The van der Waals surface area contributed by atoms with Crippen molar-refractivity contribution in [3.63, 3.8) is 0 Å².